The molecule has 6 heteroatoms. The smallest absolute Gasteiger partial charge is 0.271 e. The van der Waals surface area contributed by atoms with Crippen LogP contribution >= 0.6 is 0 Å². The number of benzene rings is 1. The van der Waals surface area contributed by atoms with Crippen LogP contribution in [0.15, 0.2) is 24.3 Å². The van der Waals surface area contributed by atoms with Crippen LogP contribution in [0, 0.1) is 10.1 Å². The van der Waals surface area contributed by atoms with Gasteiger partial charge in [-0.3, -0.25) is 19.8 Å². The number of carbonyl (C=O) groups is 1. The summed E-state index contributed by atoms with van der Waals surface area (Å²) in [7, 11) is 0. The predicted octanol–water partition coefficient (Wildman–Crippen LogP) is 2.41. The Balaban J connectivity index is 1.94. The highest BCUT2D eigenvalue weighted by Gasteiger charge is 2.20. The Labute approximate surface area is 117 Å². The summed E-state index contributed by atoms with van der Waals surface area (Å²) in [6.45, 7) is 3.40. The molecular weight excluding hydrogens is 258 g/mol. The van der Waals surface area contributed by atoms with Gasteiger partial charge < -0.3 is 5.32 Å². The maximum absolute atomic E-state index is 12.0. The van der Waals surface area contributed by atoms with Gasteiger partial charge >= 0.3 is 0 Å². The summed E-state index contributed by atoms with van der Waals surface area (Å²) in [5.74, 6) is -0.126. The molecule has 1 amide bonds. The van der Waals surface area contributed by atoms with Gasteiger partial charge in [-0.15, -0.1) is 0 Å². The number of amides is 1. The molecule has 1 fully saturated rings. The molecule has 2 rings (SSSR count). The molecule has 0 radical (unpaired) electrons. The highest BCUT2D eigenvalue weighted by atomic mass is 16.6. The molecule has 1 aliphatic rings. The van der Waals surface area contributed by atoms with Crippen LogP contribution in [0.3, 0.4) is 0 Å². The van der Waals surface area contributed by atoms with Gasteiger partial charge in [0.1, 0.15) is 0 Å². The zero-order chi connectivity index (χ0) is 14.5. The van der Waals surface area contributed by atoms with Crippen LogP contribution in [0.5, 0.6) is 0 Å². The van der Waals surface area contributed by atoms with E-state index < -0.39 is 4.92 Å². The van der Waals surface area contributed by atoms with Gasteiger partial charge in [0.05, 0.1) is 11.5 Å². The van der Waals surface area contributed by atoms with E-state index in [1.165, 1.54) is 18.6 Å². The van der Waals surface area contributed by atoms with Crippen LogP contribution in [0.2, 0.25) is 0 Å². The molecule has 0 aromatic heterocycles. The second-order valence-corrected chi connectivity index (χ2v) is 5.17. The minimum atomic E-state index is -0.470. The molecule has 1 aromatic carbocycles. The van der Waals surface area contributed by atoms with Crippen LogP contribution in [0.25, 0.3) is 0 Å². The number of nitro groups is 1. The number of rotatable bonds is 4. The average Bonchev–Trinajstić information content (AvgIpc) is 2.41. The van der Waals surface area contributed by atoms with Crippen LogP contribution in [0.4, 0.5) is 11.4 Å². The normalized spacial score (nSPS) is 19.6. The van der Waals surface area contributed by atoms with E-state index in [1.54, 1.807) is 12.1 Å². The van der Waals surface area contributed by atoms with Crippen molar-refractivity contribution in [3.8, 4) is 0 Å². The van der Waals surface area contributed by atoms with Crippen molar-refractivity contribution >= 4 is 17.3 Å². The Morgan fingerprint density at radius 1 is 1.50 bits per heavy atom. The van der Waals surface area contributed by atoms with Crippen molar-refractivity contribution in [1.82, 2.24) is 4.90 Å². The summed E-state index contributed by atoms with van der Waals surface area (Å²) >= 11 is 0. The Bertz CT molecular complexity index is 504. The largest absolute Gasteiger partial charge is 0.325 e. The lowest BCUT2D eigenvalue weighted by Gasteiger charge is -2.32. The second kappa shape index (κ2) is 6.47. The zero-order valence-electron chi connectivity index (χ0n) is 11.5. The van der Waals surface area contributed by atoms with E-state index in [0.29, 0.717) is 18.3 Å². The topological polar surface area (TPSA) is 75.5 Å². The lowest BCUT2D eigenvalue weighted by atomic mass is 10.0. The Kier molecular flexibility index (Phi) is 4.68. The monoisotopic (exact) mass is 277 g/mol. The Hall–Kier alpha value is -1.95. The fourth-order valence-corrected chi connectivity index (χ4v) is 2.47. The fourth-order valence-electron chi connectivity index (χ4n) is 2.47. The second-order valence-electron chi connectivity index (χ2n) is 5.17. The molecule has 1 N–H and O–H groups in total. The average molecular weight is 277 g/mol. The molecule has 108 valence electrons. The number of non-ortho nitro benzene ring substituents is 1. The molecule has 1 heterocycles. The SMILES string of the molecule is C[C@@H]1CCCCN1CC(=O)Nc1cccc([N+](=O)[O-])c1. The first kappa shape index (κ1) is 14.5. The van der Waals surface area contributed by atoms with E-state index in [1.807, 2.05) is 0 Å². The molecule has 1 aromatic rings. The predicted molar refractivity (Wildman–Crippen MR) is 76.6 cm³/mol. The lowest BCUT2D eigenvalue weighted by Crippen LogP contribution is -2.42. The van der Waals surface area contributed by atoms with E-state index in [2.05, 4.69) is 17.1 Å². The van der Waals surface area contributed by atoms with Gasteiger partial charge in [0, 0.05) is 23.9 Å². The van der Waals surface area contributed by atoms with Gasteiger partial charge in [0.2, 0.25) is 5.91 Å². The summed E-state index contributed by atoms with van der Waals surface area (Å²) in [5, 5.41) is 13.4. The minimum Gasteiger partial charge on any atom is -0.325 e. The summed E-state index contributed by atoms with van der Waals surface area (Å²) < 4.78 is 0. The van der Waals surface area contributed by atoms with Gasteiger partial charge in [0.15, 0.2) is 0 Å². The van der Waals surface area contributed by atoms with Crippen molar-refractivity contribution in [3.05, 3.63) is 34.4 Å². The van der Waals surface area contributed by atoms with E-state index in [9.17, 15) is 14.9 Å². The number of hydrogen-bond donors (Lipinski definition) is 1. The maximum atomic E-state index is 12.0. The van der Waals surface area contributed by atoms with Crippen molar-refractivity contribution in [1.29, 1.82) is 0 Å². The number of carbonyl (C=O) groups excluding carboxylic acids is 1. The summed E-state index contributed by atoms with van der Waals surface area (Å²) in [6.07, 6.45) is 3.45. The third-order valence-electron chi connectivity index (χ3n) is 3.63. The number of anilines is 1. The molecule has 1 atom stereocenters. The number of nitrogens with one attached hydrogen (secondary N) is 1. The van der Waals surface area contributed by atoms with Gasteiger partial charge in [0.25, 0.3) is 5.69 Å². The fraction of sp³-hybridized carbons (Fsp3) is 0.500. The summed E-state index contributed by atoms with van der Waals surface area (Å²) in [6, 6.07) is 6.42. The Morgan fingerprint density at radius 2 is 2.30 bits per heavy atom. The van der Waals surface area contributed by atoms with E-state index in [0.717, 1.165) is 19.4 Å². The Morgan fingerprint density at radius 3 is 3.00 bits per heavy atom. The third kappa shape index (κ3) is 3.77. The number of likely N-dealkylation sites (tertiary alicyclic amines) is 1. The first-order valence-corrected chi connectivity index (χ1v) is 6.84. The molecule has 0 aliphatic carbocycles. The zero-order valence-corrected chi connectivity index (χ0v) is 11.5. The van der Waals surface area contributed by atoms with Crippen LogP contribution in [0.1, 0.15) is 26.2 Å². The number of hydrogen-bond acceptors (Lipinski definition) is 4. The standard InChI is InChI=1S/C14H19N3O3/c1-11-5-2-3-8-16(11)10-14(18)15-12-6-4-7-13(9-12)17(19)20/h4,6-7,9,11H,2-3,5,8,10H2,1H3,(H,15,18)/t11-/m1/s1. The molecule has 0 unspecified atom stereocenters. The molecule has 0 spiro atoms. The van der Waals surface area contributed by atoms with Crippen LogP contribution in [-0.2, 0) is 4.79 Å². The molecule has 0 bridgehead atoms. The molecule has 1 aliphatic heterocycles. The lowest BCUT2D eigenvalue weighted by molar-refractivity contribution is -0.384. The van der Waals surface area contributed by atoms with Crippen LogP contribution in [-0.4, -0.2) is 34.9 Å². The van der Waals surface area contributed by atoms with Crippen LogP contribution < -0.4 is 5.32 Å². The number of nitrogens with zero attached hydrogens (tertiary/aromatic N) is 2. The highest BCUT2D eigenvalue weighted by Crippen LogP contribution is 2.18. The summed E-state index contributed by atoms with van der Waals surface area (Å²) in [5.41, 5.74) is 0.447. The van der Waals surface area contributed by atoms with Crippen molar-refractivity contribution in [3.63, 3.8) is 0 Å². The molecular formula is C14H19N3O3. The molecule has 6 nitrogen and oxygen atoms in total. The molecule has 1 saturated heterocycles. The van der Waals surface area contributed by atoms with E-state index >= 15 is 0 Å². The number of piperidine rings is 1. The summed E-state index contributed by atoms with van der Waals surface area (Å²) in [4.78, 5) is 24.3. The van der Waals surface area contributed by atoms with Gasteiger partial charge in [-0.2, -0.15) is 0 Å². The van der Waals surface area contributed by atoms with E-state index in [-0.39, 0.29) is 11.6 Å². The van der Waals surface area contributed by atoms with Crippen molar-refractivity contribution in [2.24, 2.45) is 0 Å². The third-order valence-corrected chi connectivity index (χ3v) is 3.63. The van der Waals surface area contributed by atoms with Crippen molar-refractivity contribution < 1.29 is 9.72 Å². The molecule has 0 saturated carbocycles. The molecule has 20 heavy (non-hydrogen) atoms. The van der Waals surface area contributed by atoms with Gasteiger partial charge in [-0.25, -0.2) is 0 Å². The van der Waals surface area contributed by atoms with Gasteiger partial charge in [-0.1, -0.05) is 12.5 Å². The van der Waals surface area contributed by atoms with Crippen molar-refractivity contribution in [2.45, 2.75) is 32.2 Å². The highest BCUT2D eigenvalue weighted by molar-refractivity contribution is 5.92. The van der Waals surface area contributed by atoms with Gasteiger partial charge in [-0.05, 0) is 32.4 Å². The number of nitro benzene ring substituents is 1. The first-order chi connectivity index (χ1) is 9.56. The maximum Gasteiger partial charge on any atom is 0.271 e. The first-order valence-electron chi connectivity index (χ1n) is 6.84. The minimum absolute atomic E-state index is 0.0193. The quantitative estimate of drug-likeness (QED) is 0.677. The van der Waals surface area contributed by atoms with E-state index in [4.69, 9.17) is 0 Å². The van der Waals surface area contributed by atoms with Crippen molar-refractivity contribution in [2.75, 3.05) is 18.4 Å².